The molecule has 2 aromatic rings. The third kappa shape index (κ3) is 3.81. The van der Waals surface area contributed by atoms with Gasteiger partial charge in [0.2, 0.25) is 5.91 Å². The highest BCUT2D eigenvalue weighted by Crippen LogP contribution is 2.26. The maximum atomic E-state index is 13.1. The highest BCUT2D eigenvalue weighted by Gasteiger charge is 2.35. The lowest BCUT2D eigenvalue weighted by molar-refractivity contribution is -0.124. The monoisotopic (exact) mass is 360 g/mol. The predicted molar refractivity (Wildman–Crippen MR) is 101 cm³/mol. The number of benzene rings is 1. The maximum absolute atomic E-state index is 13.1. The molecular weight excluding hydrogens is 336 g/mol. The van der Waals surface area contributed by atoms with Crippen molar-refractivity contribution in [3.8, 4) is 0 Å². The Morgan fingerprint density at radius 3 is 3.00 bits per heavy atom. The van der Waals surface area contributed by atoms with Gasteiger partial charge in [0.25, 0.3) is 5.91 Å². The number of hydrogen-bond donors (Lipinski definition) is 2. The van der Waals surface area contributed by atoms with Crippen molar-refractivity contribution < 1.29 is 9.59 Å². The first kappa shape index (κ1) is 17.8. The van der Waals surface area contributed by atoms with Crippen molar-refractivity contribution in [2.75, 3.05) is 18.2 Å². The summed E-state index contributed by atoms with van der Waals surface area (Å²) in [5.74, 6) is 1.53. The van der Waals surface area contributed by atoms with Crippen LogP contribution in [0.5, 0.6) is 0 Å². The average Bonchev–Trinajstić information content (AvgIpc) is 3.21. The molecular formula is C18H24N4O2S. The van der Waals surface area contributed by atoms with E-state index in [9.17, 15) is 9.59 Å². The summed E-state index contributed by atoms with van der Waals surface area (Å²) in [6.07, 6.45) is 2.65. The number of hydrogen-bond acceptors (Lipinski definition) is 4. The van der Waals surface area contributed by atoms with Gasteiger partial charge in [-0.05, 0) is 37.0 Å². The van der Waals surface area contributed by atoms with E-state index < -0.39 is 6.04 Å². The SMILES string of the molecule is Cc1cc(C(=O)N2CSCC2C(=O)NCCC(C)C)c2[nH]ncc2c1. The van der Waals surface area contributed by atoms with E-state index in [0.29, 0.717) is 29.7 Å². The largest absolute Gasteiger partial charge is 0.354 e. The van der Waals surface area contributed by atoms with Crippen molar-refractivity contribution in [1.29, 1.82) is 0 Å². The van der Waals surface area contributed by atoms with Gasteiger partial charge in [-0.3, -0.25) is 14.7 Å². The molecule has 1 aromatic heterocycles. The van der Waals surface area contributed by atoms with E-state index in [0.717, 1.165) is 22.9 Å². The minimum Gasteiger partial charge on any atom is -0.354 e. The highest BCUT2D eigenvalue weighted by atomic mass is 32.2. The lowest BCUT2D eigenvalue weighted by atomic mass is 10.1. The molecule has 0 bridgehead atoms. The topological polar surface area (TPSA) is 78.1 Å². The molecule has 2 N–H and O–H groups in total. The molecule has 1 atom stereocenters. The van der Waals surface area contributed by atoms with Gasteiger partial charge in [-0.15, -0.1) is 11.8 Å². The summed E-state index contributed by atoms with van der Waals surface area (Å²) in [5, 5.41) is 10.8. The number of carbonyl (C=O) groups excluding carboxylic acids is 2. The Balaban J connectivity index is 1.78. The molecule has 1 unspecified atom stereocenters. The number of carbonyl (C=O) groups is 2. The number of amides is 2. The number of nitrogens with zero attached hydrogens (tertiary/aromatic N) is 2. The van der Waals surface area contributed by atoms with Gasteiger partial charge in [0.15, 0.2) is 0 Å². The van der Waals surface area contributed by atoms with Crippen molar-refractivity contribution in [1.82, 2.24) is 20.4 Å². The number of rotatable bonds is 5. The number of nitrogens with one attached hydrogen (secondary N) is 2. The predicted octanol–water partition coefficient (Wildman–Crippen LogP) is 2.55. The fourth-order valence-electron chi connectivity index (χ4n) is 2.99. The summed E-state index contributed by atoms with van der Waals surface area (Å²) in [7, 11) is 0. The molecule has 1 aliphatic heterocycles. The first-order chi connectivity index (χ1) is 12.0. The molecule has 0 spiro atoms. The molecule has 2 amide bonds. The van der Waals surface area contributed by atoms with E-state index in [2.05, 4.69) is 29.4 Å². The van der Waals surface area contributed by atoms with Gasteiger partial charge in [0, 0.05) is 17.7 Å². The average molecular weight is 360 g/mol. The van der Waals surface area contributed by atoms with Crippen LogP contribution in [0, 0.1) is 12.8 Å². The maximum Gasteiger partial charge on any atom is 0.257 e. The number of thioether (sulfide) groups is 1. The Morgan fingerprint density at radius 1 is 1.44 bits per heavy atom. The molecule has 1 aliphatic rings. The molecule has 1 fully saturated rings. The number of H-pyrrole nitrogens is 1. The molecule has 3 rings (SSSR count). The van der Waals surface area contributed by atoms with Gasteiger partial charge < -0.3 is 10.2 Å². The molecule has 25 heavy (non-hydrogen) atoms. The van der Waals surface area contributed by atoms with Crippen LogP contribution in [0.25, 0.3) is 10.9 Å². The second kappa shape index (κ2) is 7.47. The standard InChI is InChI=1S/C18H24N4O2S/c1-11(2)4-5-19-17(23)15-9-25-10-22(15)18(24)14-7-12(3)6-13-8-20-21-16(13)14/h6-8,11,15H,4-5,9-10H2,1-3H3,(H,19,23)(H,20,21). The number of aryl methyl sites for hydroxylation is 1. The Labute approximate surface area is 151 Å². The van der Waals surface area contributed by atoms with E-state index >= 15 is 0 Å². The number of aromatic nitrogens is 2. The molecule has 2 heterocycles. The van der Waals surface area contributed by atoms with Gasteiger partial charge in [-0.2, -0.15) is 5.10 Å². The van der Waals surface area contributed by atoms with Gasteiger partial charge in [-0.1, -0.05) is 13.8 Å². The van der Waals surface area contributed by atoms with Crippen LogP contribution >= 0.6 is 11.8 Å². The molecule has 0 saturated carbocycles. The normalized spacial score (nSPS) is 17.4. The first-order valence-electron chi connectivity index (χ1n) is 8.57. The van der Waals surface area contributed by atoms with Crippen LogP contribution in [0.3, 0.4) is 0 Å². The van der Waals surface area contributed by atoms with Crippen LogP contribution in [0.15, 0.2) is 18.3 Å². The third-order valence-corrected chi connectivity index (χ3v) is 5.40. The van der Waals surface area contributed by atoms with Crippen LogP contribution in [0.2, 0.25) is 0 Å². The van der Waals surface area contributed by atoms with Gasteiger partial charge in [0.05, 0.1) is 23.2 Å². The van der Waals surface area contributed by atoms with E-state index in [-0.39, 0.29) is 11.8 Å². The highest BCUT2D eigenvalue weighted by molar-refractivity contribution is 7.99. The van der Waals surface area contributed by atoms with Crippen molar-refractivity contribution >= 4 is 34.5 Å². The van der Waals surface area contributed by atoms with E-state index in [1.807, 2.05) is 19.1 Å². The smallest absolute Gasteiger partial charge is 0.257 e. The van der Waals surface area contributed by atoms with Crippen molar-refractivity contribution in [3.63, 3.8) is 0 Å². The Morgan fingerprint density at radius 2 is 2.24 bits per heavy atom. The summed E-state index contributed by atoms with van der Waals surface area (Å²) in [5.41, 5.74) is 2.31. The molecule has 7 heteroatoms. The van der Waals surface area contributed by atoms with Crippen LogP contribution in [0.4, 0.5) is 0 Å². The van der Waals surface area contributed by atoms with E-state index in [1.54, 1.807) is 22.9 Å². The van der Waals surface area contributed by atoms with Gasteiger partial charge >= 0.3 is 0 Å². The fourth-order valence-corrected chi connectivity index (χ4v) is 4.15. The lowest BCUT2D eigenvalue weighted by Gasteiger charge is -2.23. The Kier molecular flexibility index (Phi) is 5.32. The zero-order chi connectivity index (χ0) is 18.0. The zero-order valence-electron chi connectivity index (χ0n) is 14.8. The molecule has 0 radical (unpaired) electrons. The summed E-state index contributed by atoms with van der Waals surface area (Å²) >= 11 is 1.61. The van der Waals surface area contributed by atoms with Crippen LogP contribution in [-0.2, 0) is 4.79 Å². The molecule has 6 nitrogen and oxygen atoms in total. The van der Waals surface area contributed by atoms with Gasteiger partial charge in [0.1, 0.15) is 6.04 Å². The van der Waals surface area contributed by atoms with Crippen molar-refractivity contribution in [2.45, 2.75) is 33.2 Å². The van der Waals surface area contributed by atoms with Gasteiger partial charge in [-0.25, -0.2) is 0 Å². The summed E-state index contributed by atoms with van der Waals surface area (Å²) in [6.45, 7) is 6.86. The third-order valence-electron chi connectivity index (χ3n) is 4.39. The van der Waals surface area contributed by atoms with Crippen molar-refractivity contribution in [3.05, 3.63) is 29.5 Å². The molecule has 1 aromatic carbocycles. The summed E-state index contributed by atoms with van der Waals surface area (Å²) < 4.78 is 0. The summed E-state index contributed by atoms with van der Waals surface area (Å²) in [6, 6.07) is 3.44. The first-order valence-corrected chi connectivity index (χ1v) is 9.73. The zero-order valence-corrected chi connectivity index (χ0v) is 15.7. The van der Waals surface area contributed by atoms with Crippen LogP contribution in [-0.4, -0.2) is 51.1 Å². The van der Waals surface area contributed by atoms with Crippen LogP contribution < -0.4 is 5.32 Å². The Bertz CT molecular complexity index is 786. The minimum absolute atomic E-state index is 0.0625. The minimum atomic E-state index is -0.414. The second-order valence-corrected chi connectivity index (χ2v) is 7.91. The number of fused-ring (bicyclic) bond motifs is 1. The lowest BCUT2D eigenvalue weighted by Crippen LogP contribution is -2.47. The Hall–Kier alpha value is -2.02. The molecule has 134 valence electrons. The number of aromatic amines is 1. The summed E-state index contributed by atoms with van der Waals surface area (Å²) in [4.78, 5) is 27.3. The second-order valence-electron chi connectivity index (χ2n) is 6.91. The van der Waals surface area contributed by atoms with Crippen LogP contribution in [0.1, 0.15) is 36.2 Å². The fraction of sp³-hybridized carbons (Fsp3) is 0.500. The quantitative estimate of drug-likeness (QED) is 0.859. The molecule has 1 saturated heterocycles. The van der Waals surface area contributed by atoms with Crippen molar-refractivity contribution in [2.24, 2.45) is 5.92 Å². The van der Waals surface area contributed by atoms with E-state index in [4.69, 9.17) is 0 Å². The van der Waals surface area contributed by atoms with E-state index in [1.165, 1.54) is 0 Å². The molecule has 0 aliphatic carbocycles.